The van der Waals surface area contributed by atoms with Gasteiger partial charge in [-0.05, 0) is 20.4 Å². The van der Waals surface area contributed by atoms with Crippen molar-refractivity contribution in [1.82, 2.24) is 5.32 Å². The molecule has 0 aromatic carbocycles. The minimum Gasteiger partial charge on any atom is -0.311 e. The van der Waals surface area contributed by atoms with Crippen molar-refractivity contribution in [3.8, 4) is 0 Å². The lowest BCUT2D eigenvalue weighted by Gasteiger charge is -2.10. The maximum Gasteiger partial charge on any atom is 0.153 e. The zero-order valence-electron chi connectivity index (χ0n) is 7.55. The molecule has 0 aliphatic heterocycles. The predicted octanol–water partition coefficient (Wildman–Crippen LogP) is 1.52. The predicted molar refractivity (Wildman–Crippen MR) is 47.6 cm³/mol. The fourth-order valence-electron chi connectivity index (χ4n) is 0.969. The maximum atomic E-state index is 11.3. The summed E-state index contributed by atoms with van der Waals surface area (Å²) in [5, 5.41) is 2.98. The van der Waals surface area contributed by atoms with Crippen LogP contribution in [0.4, 0.5) is 0 Å². The Balaban J connectivity index is 3.79. The molecule has 0 spiro atoms. The zero-order valence-corrected chi connectivity index (χ0v) is 7.55. The molecule has 0 radical (unpaired) electrons. The second-order valence-electron chi connectivity index (χ2n) is 2.49. The monoisotopic (exact) mass is 155 g/mol. The molecule has 0 aromatic rings. The van der Waals surface area contributed by atoms with Gasteiger partial charge in [-0.3, -0.25) is 4.79 Å². The first-order valence-electron chi connectivity index (χ1n) is 4.07. The van der Waals surface area contributed by atoms with Crippen LogP contribution in [0, 0.1) is 0 Å². The fourth-order valence-corrected chi connectivity index (χ4v) is 0.969. The summed E-state index contributed by atoms with van der Waals surface area (Å²) in [7, 11) is 1.82. The summed E-state index contributed by atoms with van der Waals surface area (Å²) in [5.41, 5.74) is 0. The summed E-state index contributed by atoms with van der Waals surface area (Å²) in [5.74, 6) is 0.271. The van der Waals surface area contributed by atoms with Gasteiger partial charge < -0.3 is 5.32 Å². The first kappa shape index (κ1) is 10.4. The van der Waals surface area contributed by atoms with Gasteiger partial charge in [0.05, 0.1) is 6.04 Å². The lowest BCUT2D eigenvalue weighted by Crippen LogP contribution is -2.32. The Morgan fingerprint density at radius 3 is 2.64 bits per heavy atom. The zero-order chi connectivity index (χ0) is 8.69. The van der Waals surface area contributed by atoms with Crippen LogP contribution < -0.4 is 5.32 Å². The molecule has 2 nitrogen and oxygen atoms in total. The van der Waals surface area contributed by atoms with Crippen molar-refractivity contribution in [2.75, 3.05) is 7.05 Å². The second kappa shape index (κ2) is 6.10. The number of ketones is 1. The standard InChI is InChI=1S/C9H17NO/c1-4-6-7-9(11)8(5-2)10-3/h4,6,8,10H,5,7H2,1-3H3/b6-4-. The highest BCUT2D eigenvalue weighted by atomic mass is 16.1. The Labute approximate surface area is 68.7 Å². The highest BCUT2D eigenvalue weighted by Crippen LogP contribution is 1.96. The van der Waals surface area contributed by atoms with Gasteiger partial charge in [-0.25, -0.2) is 0 Å². The van der Waals surface area contributed by atoms with Crippen LogP contribution in [-0.4, -0.2) is 18.9 Å². The largest absolute Gasteiger partial charge is 0.311 e. The normalized spacial score (nSPS) is 13.7. The van der Waals surface area contributed by atoms with Crippen LogP contribution in [0.25, 0.3) is 0 Å². The molecule has 0 saturated carbocycles. The van der Waals surface area contributed by atoms with Gasteiger partial charge in [-0.1, -0.05) is 19.1 Å². The van der Waals surface area contributed by atoms with Crippen LogP contribution in [0.1, 0.15) is 26.7 Å². The molecule has 0 heterocycles. The number of hydrogen-bond donors (Lipinski definition) is 1. The van der Waals surface area contributed by atoms with E-state index in [2.05, 4.69) is 5.32 Å². The van der Waals surface area contributed by atoms with Crippen molar-refractivity contribution in [3.05, 3.63) is 12.2 Å². The molecule has 0 amide bonds. The Hall–Kier alpha value is -0.630. The van der Waals surface area contributed by atoms with Crippen LogP contribution in [0.3, 0.4) is 0 Å². The van der Waals surface area contributed by atoms with Crippen LogP contribution >= 0.6 is 0 Å². The molecule has 0 aromatic heterocycles. The summed E-state index contributed by atoms with van der Waals surface area (Å²) in [6.45, 7) is 3.93. The van der Waals surface area contributed by atoms with Crippen molar-refractivity contribution in [2.24, 2.45) is 0 Å². The first-order chi connectivity index (χ1) is 5.26. The Morgan fingerprint density at radius 1 is 1.64 bits per heavy atom. The number of nitrogens with one attached hydrogen (secondary N) is 1. The van der Waals surface area contributed by atoms with E-state index in [1.165, 1.54) is 0 Å². The number of hydrogen-bond acceptors (Lipinski definition) is 2. The Morgan fingerprint density at radius 2 is 2.27 bits per heavy atom. The number of rotatable bonds is 5. The van der Waals surface area contributed by atoms with Gasteiger partial charge in [0.1, 0.15) is 0 Å². The highest BCUT2D eigenvalue weighted by molar-refractivity contribution is 5.85. The van der Waals surface area contributed by atoms with E-state index in [-0.39, 0.29) is 11.8 Å². The van der Waals surface area contributed by atoms with Gasteiger partial charge in [-0.15, -0.1) is 0 Å². The lowest BCUT2D eigenvalue weighted by atomic mass is 10.1. The molecule has 0 rings (SSSR count). The van der Waals surface area contributed by atoms with Crippen molar-refractivity contribution in [1.29, 1.82) is 0 Å². The van der Waals surface area contributed by atoms with Crippen LogP contribution in [0.15, 0.2) is 12.2 Å². The van der Waals surface area contributed by atoms with Crippen molar-refractivity contribution in [2.45, 2.75) is 32.7 Å². The van der Waals surface area contributed by atoms with Crippen LogP contribution in [0.2, 0.25) is 0 Å². The first-order valence-corrected chi connectivity index (χ1v) is 4.07. The van der Waals surface area contributed by atoms with E-state index in [1.807, 2.05) is 33.0 Å². The van der Waals surface area contributed by atoms with Gasteiger partial charge in [0.25, 0.3) is 0 Å². The number of likely N-dealkylation sites (N-methyl/N-ethyl adjacent to an activating group) is 1. The van der Waals surface area contributed by atoms with E-state index in [0.717, 1.165) is 6.42 Å². The van der Waals surface area contributed by atoms with Gasteiger partial charge >= 0.3 is 0 Å². The van der Waals surface area contributed by atoms with Crippen LogP contribution in [0.5, 0.6) is 0 Å². The average molecular weight is 155 g/mol. The molecule has 1 unspecified atom stereocenters. The van der Waals surface area contributed by atoms with E-state index in [9.17, 15) is 4.79 Å². The molecule has 0 bridgehead atoms. The molecule has 1 atom stereocenters. The molecule has 2 heteroatoms. The molecule has 0 aliphatic rings. The topological polar surface area (TPSA) is 29.1 Å². The van der Waals surface area contributed by atoms with E-state index >= 15 is 0 Å². The maximum absolute atomic E-state index is 11.3. The molecule has 0 saturated heterocycles. The molecule has 1 N–H and O–H groups in total. The van der Waals surface area contributed by atoms with E-state index in [1.54, 1.807) is 0 Å². The molecular formula is C9H17NO. The minimum atomic E-state index is 0.0335. The molecular weight excluding hydrogens is 138 g/mol. The number of allylic oxidation sites excluding steroid dienone is 2. The van der Waals surface area contributed by atoms with E-state index < -0.39 is 0 Å². The third kappa shape index (κ3) is 3.94. The Kier molecular flexibility index (Phi) is 5.75. The van der Waals surface area contributed by atoms with Crippen LogP contribution in [-0.2, 0) is 4.79 Å². The summed E-state index contributed by atoms with van der Waals surface area (Å²) < 4.78 is 0. The van der Waals surface area contributed by atoms with Crippen molar-refractivity contribution >= 4 is 5.78 Å². The average Bonchev–Trinajstić information content (AvgIpc) is 2.03. The molecule has 11 heavy (non-hydrogen) atoms. The van der Waals surface area contributed by atoms with Gasteiger partial charge in [-0.2, -0.15) is 0 Å². The Bertz CT molecular complexity index is 136. The number of Topliss-reactive ketones (excluding diaryl/α,β-unsaturated/α-hetero) is 1. The molecule has 64 valence electrons. The van der Waals surface area contributed by atoms with E-state index in [0.29, 0.717) is 6.42 Å². The smallest absolute Gasteiger partial charge is 0.153 e. The number of carbonyl (C=O) groups excluding carboxylic acids is 1. The van der Waals surface area contributed by atoms with Crippen molar-refractivity contribution in [3.63, 3.8) is 0 Å². The van der Waals surface area contributed by atoms with Gasteiger partial charge in [0, 0.05) is 6.42 Å². The van der Waals surface area contributed by atoms with Gasteiger partial charge in [0.15, 0.2) is 5.78 Å². The summed E-state index contributed by atoms with van der Waals surface area (Å²) >= 11 is 0. The minimum absolute atomic E-state index is 0.0335. The van der Waals surface area contributed by atoms with E-state index in [4.69, 9.17) is 0 Å². The fraction of sp³-hybridized carbons (Fsp3) is 0.667. The molecule has 0 aliphatic carbocycles. The third-order valence-corrected chi connectivity index (χ3v) is 1.70. The van der Waals surface area contributed by atoms with Crippen molar-refractivity contribution < 1.29 is 4.79 Å². The lowest BCUT2D eigenvalue weighted by molar-refractivity contribution is -0.120. The third-order valence-electron chi connectivity index (χ3n) is 1.70. The molecule has 0 fully saturated rings. The highest BCUT2D eigenvalue weighted by Gasteiger charge is 2.10. The number of carbonyl (C=O) groups is 1. The quantitative estimate of drug-likeness (QED) is 0.610. The summed E-state index contributed by atoms with van der Waals surface area (Å²) in [6, 6.07) is 0.0335. The SMILES string of the molecule is C/C=C\CC(=O)C(CC)NC. The second-order valence-corrected chi connectivity index (χ2v) is 2.49. The summed E-state index contributed by atoms with van der Waals surface area (Å²) in [4.78, 5) is 11.3. The summed E-state index contributed by atoms with van der Waals surface area (Å²) in [6.07, 6.45) is 5.21. The van der Waals surface area contributed by atoms with Gasteiger partial charge in [0.2, 0.25) is 0 Å².